The van der Waals surface area contributed by atoms with Gasteiger partial charge >= 0.3 is 0 Å². The summed E-state index contributed by atoms with van der Waals surface area (Å²) in [5, 5.41) is 1.09. The summed E-state index contributed by atoms with van der Waals surface area (Å²) < 4.78 is 5.48. The number of nitrogens with zero attached hydrogens (tertiary/aromatic N) is 2. The zero-order chi connectivity index (χ0) is 15.2. The monoisotopic (exact) mass is 354 g/mol. The van der Waals surface area contributed by atoms with Crippen LogP contribution >= 0.6 is 15.9 Å². The molecule has 0 N–H and O–H groups in total. The molecule has 21 heavy (non-hydrogen) atoms. The first kappa shape index (κ1) is 16.6. The predicted octanol–water partition coefficient (Wildman–Crippen LogP) is 3.48. The molecule has 0 spiro atoms. The van der Waals surface area contributed by atoms with E-state index in [9.17, 15) is 0 Å². The molecule has 1 fully saturated rings. The molecule has 1 aromatic rings. The van der Waals surface area contributed by atoms with E-state index in [0.717, 1.165) is 49.1 Å². The molecule has 1 aliphatic rings. The molecule has 1 saturated heterocycles. The minimum absolute atomic E-state index is 0.733. The van der Waals surface area contributed by atoms with Crippen LogP contribution in [-0.4, -0.2) is 50.1 Å². The van der Waals surface area contributed by atoms with Crippen LogP contribution in [0.1, 0.15) is 13.8 Å². The first-order valence-electron chi connectivity index (χ1n) is 7.82. The molecular weight excluding hydrogens is 328 g/mol. The van der Waals surface area contributed by atoms with Gasteiger partial charge in [-0.3, -0.25) is 4.90 Å². The van der Waals surface area contributed by atoms with Crippen LogP contribution in [0, 0.1) is 11.8 Å². The standard InChI is InChI=1S/C17H27BrN2O/c1-14(2)15(12-18)13-19-8-10-20(11-9-19)16-6-4-5-7-17(16)21-3/h4-7,14-15H,8-13H2,1-3H3. The lowest BCUT2D eigenvalue weighted by atomic mass is 9.97. The summed E-state index contributed by atoms with van der Waals surface area (Å²) in [6.45, 7) is 10.3. The number of piperazine rings is 1. The molecule has 1 unspecified atom stereocenters. The van der Waals surface area contributed by atoms with Crippen LogP contribution in [0.5, 0.6) is 5.75 Å². The maximum Gasteiger partial charge on any atom is 0.142 e. The van der Waals surface area contributed by atoms with Crippen molar-refractivity contribution in [3.8, 4) is 5.75 Å². The molecule has 118 valence electrons. The number of anilines is 1. The third-order valence-electron chi connectivity index (χ3n) is 4.43. The highest BCUT2D eigenvalue weighted by Crippen LogP contribution is 2.28. The van der Waals surface area contributed by atoms with Crippen LogP contribution in [0.2, 0.25) is 0 Å². The Hall–Kier alpha value is -0.740. The van der Waals surface area contributed by atoms with Crippen molar-refractivity contribution in [2.24, 2.45) is 11.8 Å². The Labute approximate surface area is 137 Å². The molecule has 1 aliphatic heterocycles. The molecule has 0 aromatic heterocycles. The Morgan fingerprint density at radius 1 is 1.14 bits per heavy atom. The van der Waals surface area contributed by atoms with Gasteiger partial charge in [0.25, 0.3) is 0 Å². The van der Waals surface area contributed by atoms with E-state index >= 15 is 0 Å². The molecule has 3 nitrogen and oxygen atoms in total. The summed E-state index contributed by atoms with van der Waals surface area (Å²) in [5.41, 5.74) is 1.22. The van der Waals surface area contributed by atoms with Gasteiger partial charge in [-0.15, -0.1) is 0 Å². The van der Waals surface area contributed by atoms with Gasteiger partial charge in [0.1, 0.15) is 5.75 Å². The van der Waals surface area contributed by atoms with Crippen molar-refractivity contribution in [3.63, 3.8) is 0 Å². The van der Waals surface area contributed by atoms with Gasteiger partial charge in [-0.25, -0.2) is 0 Å². The SMILES string of the molecule is COc1ccccc1N1CCN(CC(CBr)C(C)C)CC1. The van der Waals surface area contributed by atoms with E-state index in [1.807, 2.05) is 12.1 Å². The molecule has 0 amide bonds. The topological polar surface area (TPSA) is 15.7 Å². The minimum atomic E-state index is 0.733. The highest BCUT2D eigenvalue weighted by atomic mass is 79.9. The van der Waals surface area contributed by atoms with Crippen LogP contribution in [0.15, 0.2) is 24.3 Å². The van der Waals surface area contributed by atoms with Gasteiger partial charge in [-0.05, 0) is 24.0 Å². The maximum atomic E-state index is 5.48. The summed E-state index contributed by atoms with van der Waals surface area (Å²) in [5.74, 6) is 2.45. The molecule has 0 aliphatic carbocycles. The highest BCUT2D eigenvalue weighted by molar-refractivity contribution is 9.09. The predicted molar refractivity (Wildman–Crippen MR) is 93.8 cm³/mol. The van der Waals surface area contributed by atoms with Crippen molar-refractivity contribution in [1.82, 2.24) is 4.90 Å². The van der Waals surface area contributed by atoms with Crippen molar-refractivity contribution in [2.45, 2.75) is 13.8 Å². The van der Waals surface area contributed by atoms with Crippen molar-refractivity contribution in [2.75, 3.05) is 50.1 Å². The fourth-order valence-corrected chi connectivity index (χ4v) is 3.78. The fourth-order valence-electron chi connectivity index (χ4n) is 2.83. The Bertz CT molecular complexity index is 431. The van der Waals surface area contributed by atoms with E-state index in [0.29, 0.717) is 0 Å². The summed E-state index contributed by atoms with van der Waals surface area (Å²) in [6, 6.07) is 8.32. The van der Waals surface area contributed by atoms with Gasteiger partial charge in [0.05, 0.1) is 12.8 Å². The van der Waals surface area contributed by atoms with Crippen LogP contribution in [0.3, 0.4) is 0 Å². The number of hydrogen-bond donors (Lipinski definition) is 0. The summed E-state index contributed by atoms with van der Waals surface area (Å²) in [6.07, 6.45) is 0. The normalized spacial score (nSPS) is 18.0. The van der Waals surface area contributed by atoms with Gasteiger partial charge in [0, 0.05) is 38.1 Å². The smallest absolute Gasteiger partial charge is 0.142 e. The van der Waals surface area contributed by atoms with Crippen LogP contribution < -0.4 is 9.64 Å². The lowest BCUT2D eigenvalue weighted by molar-refractivity contribution is 0.204. The van der Waals surface area contributed by atoms with Gasteiger partial charge < -0.3 is 9.64 Å². The lowest BCUT2D eigenvalue weighted by Gasteiger charge is -2.38. The third-order valence-corrected chi connectivity index (χ3v) is 5.26. The van der Waals surface area contributed by atoms with E-state index in [-0.39, 0.29) is 0 Å². The Balaban J connectivity index is 1.91. The molecule has 1 aromatic carbocycles. The van der Waals surface area contributed by atoms with E-state index < -0.39 is 0 Å². The first-order valence-corrected chi connectivity index (χ1v) is 8.94. The average molecular weight is 355 g/mol. The largest absolute Gasteiger partial charge is 0.495 e. The molecule has 0 radical (unpaired) electrons. The second-order valence-corrected chi connectivity index (χ2v) is 6.77. The number of methoxy groups -OCH3 is 1. The summed E-state index contributed by atoms with van der Waals surface area (Å²) in [4.78, 5) is 5.03. The van der Waals surface area contributed by atoms with Gasteiger partial charge in [-0.1, -0.05) is 41.9 Å². The summed E-state index contributed by atoms with van der Waals surface area (Å²) >= 11 is 3.66. The number of alkyl halides is 1. The van der Waals surface area contributed by atoms with Crippen LogP contribution in [0.4, 0.5) is 5.69 Å². The zero-order valence-electron chi connectivity index (χ0n) is 13.4. The van der Waals surface area contributed by atoms with Gasteiger partial charge in [-0.2, -0.15) is 0 Å². The zero-order valence-corrected chi connectivity index (χ0v) is 15.0. The highest BCUT2D eigenvalue weighted by Gasteiger charge is 2.22. The molecule has 0 bridgehead atoms. The van der Waals surface area contributed by atoms with E-state index in [2.05, 4.69) is 51.7 Å². The number of benzene rings is 1. The van der Waals surface area contributed by atoms with Crippen molar-refractivity contribution in [3.05, 3.63) is 24.3 Å². The van der Waals surface area contributed by atoms with Crippen LogP contribution in [-0.2, 0) is 0 Å². The number of para-hydroxylation sites is 2. The molecule has 1 atom stereocenters. The summed E-state index contributed by atoms with van der Waals surface area (Å²) in [7, 11) is 1.75. The fraction of sp³-hybridized carbons (Fsp3) is 0.647. The maximum absolute atomic E-state index is 5.48. The van der Waals surface area contributed by atoms with Crippen LogP contribution in [0.25, 0.3) is 0 Å². The first-order chi connectivity index (χ1) is 10.2. The van der Waals surface area contributed by atoms with Crippen molar-refractivity contribution >= 4 is 21.6 Å². The minimum Gasteiger partial charge on any atom is -0.495 e. The lowest BCUT2D eigenvalue weighted by Crippen LogP contribution is -2.48. The quantitative estimate of drug-likeness (QED) is 0.727. The molecule has 4 heteroatoms. The van der Waals surface area contributed by atoms with E-state index in [4.69, 9.17) is 4.74 Å². The van der Waals surface area contributed by atoms with E-state index in [1.165, 1.54) is 12.2 Å². The second-order valence-electron chi connectivity index (χ2n) is 6.12. The van der Waals surface area contributed by atoms with E-state index in [1.54, 1.807) is 7.11 Å². The second kappa shape index (κ2) is 8.04. The third kappa shape index (κ3) is 4.36. The molecule has 0 saturated carbocycles. The Morgan fingerprint density at radius 2 is 1.81 bits per heavy atom. The van der Waals surface area contributed by atoms with Gasteiger partial charge in [0.2, 0.25) is 0 Å². The van der Waals surface area contributed by atoms with Crippen molar-refractivity contribution in [1.29, 1.82) is 0 Å². The molecule has 1 heterocycles. The number of hydrogen-bond acceptors (Lipinski definition) is 3. The Morgan fingerprint density at radius 3 is 2.38 bits per heavy atom. The number of halogens is 1. The number of ether oxygens (including phenoxy) is 1. The molecular formula is C17H27BrN2O. The average Bonchev–Trinajstić information content (AvgIpc) is 2.52. The molecule has 2 rings (SSSR count). The van der Waals surface area contributed by atoms with Crippen molar-refractivity contribution < 1.29 is 4.74 Å². The number of rotatable bonds is 6. The van der Waals surface area contributed by atoms with Gasteiger partial charge in [0.15, 0.2) is 0 Å². The Kier molecular flexibility index (Phi) is 6.37.